The fourth-order valence-corrected chi connectivity index (χ4v) is 1.76. The Morgan fingerprint density at radius 1 is 1.43 bits per heavy atom. The van der Waals surface area contributed by atoms with Crippen LogP contribution in [-0.2, 0) is 4.74 Å². The standard InChI is InChI=1S/C11H24N2O/c1-9(2)10(3)13(4)7-11-8-14-6-5-12-11/h9-12H,5-8H2,1-4H3. The van der Waals surface area contributed by atoms with E-state index in [2.05, 4.69) is 38.0 Å². The van der Waals surface area contributed by atoms with Gasteiger partial charge in [0.2, 0.25) is 0 Å². The molecule has 14 heavy (non-hydrogen) atoms. The summed E-state index contributed by atoms with van der Waals surface area (Å²) in [6, 6.07) is 1.15. The van der Waals surface area contributed by atoms with Gasteiger partial charge in [0.15, 0.2) is 0 Å². The molecule has 0 aromatic carbocycles. The Labute approximate surface area is 87.8 Å². The fourth-order valence-electron chi connectivity index (χ4n) is 1.76. The van der Waals surface area contributed by atoms with Gasteiger partial charge in [-0.25, -0.2) is 0 Å². The molecule has 1 aliphatic heterocycles. The summed E-state index contributed by atoms with van der Waals surface area (Å²) in [6.07, 6.45) is 0. The molecule has 1 aliphatic rings. The second-order valence-corrected chi connectivity index (χ2v) is 4.65. The van der Waals surface area contributed by atoms with Crippen LogP contribution in [0.4, 0.5) is 0 Å². The van der Waals surface area contributed by atoms with Crippen LogP contribution in [0.1, 0.15) is 20.8 Å². The summed E-state index contributed by atoms with van der Waals surface area (Å²) in [7, 11) is 2.20. The molecule has 1 rings (SSSR count). The van der Waals surface area contributed by atoms with Gasteiger partial charge in [-0.05, 0) is 19.9 Å². The van der Waals surface area contributed by atoms with Gasteiger partial charge >= 0.3 is 0 Å². The van der Waals surface area contributed by atoms with Crippen LogP contribution in [0.25, 0.3) is 0 Å². The maximum atomic E-state index is 5.43. The fraction of sp³-hybridized carbons (Fsp3) is 1.00. The molecule has 1 fully saturated rings. The van der Waals surface area contributed by atoms with E-state index in [0.29, 0.717) is 18.0 Å². The topological polar surface area (TPSA) is 24.5 Å². The average molecular weight is 200 g/mol. The number of nitrogens with zero attached hydrogens (tertiary/aromatic N) is 1. The molecule has 1 heterocycles. The average Bonchev–Trinajstić information content (AvgIpc) is 2.18. The highest BCUT2D eigenvalue weighted by atomic mass is 16.5. The summed E-state index contributed by atoms with van der Waals surface area (Å²) in [4.78, 5) is 2.41. The Bertz CT molecular complexity index is 155. The monoisotopic (exact) mass is 200 g/mol. The van der Waals surface area contributed by atoms with Crippen molar-refractivity contribution in [2.75, 3.05) is 33.4 Å². The van der Waals surface area contributed by atoms with Crippen molar-refractivity contribution in [1.29, 1.82) is 0 Å². The molecule has 84 valence electrons. The summed E-state index contributed by atoms with van der Waals surface area (Å²) in [5.74, 6) is 0.713. The van der Waals surface area contributed by atoms with Crippen molar-refractivity contribution in [3.8, 4) is 0 Å². The predicted molar refractivity (Wildman–Crippen MR) is 59.5 cm³/mol. The van der Waals surface area contributed by atoms with Crippen molar-refractivity contribution < 1.29 is 4.74 Å². The quantitative estimate of drug-likeness (QED) is 0.731. The lowest BCUT2D eigenvalue weighted by Gasteiger charge is -2.33. The van der Waals surface area contributed by atoms with E-state index in [-0.39, 0.29) is 0 Å². The van der Waals surface area contributed by atoms with Crippen molar-refractivity contribution >= 4 is 0 Å². The first-order chi connectivity index (χ1) is 6.61. The van der Waals surface area contributed by atoms with Gasteiger partial charge in [0, 0.05) is 25.2 Å². The molecule has 0 amide bonds. The van der Waals surface area contributed by atoms with Crippen molar-refractivity contribution in [2.24, 2.45) is 5.92 Å². The maximum Gasteiger partial charge on any atom is 0.0632 e. The minimum Gasteiger partial charge on any atom is -0.378 e. The molecular formula is C11H24N2O. The lowest BCUT2D eigenvalue weighted by molar-refractivity contribution is 0.0572. The lowest BCUT2D eigenvalue weighted by Crippen LogP contribution is -2.50. The highest BCUT2D eigenvalue weighted by molar-refractivity contribution is 4.76. The normalized spacial score (nSPS) is 25.7. The number of morpholine rings is 1. The molecule has 1 saturated heterocycles. The van der Waals surface area contributed by atoms with E-state index in [1.54, 1.807) is 0 Å². The van der Waals surface area contributed by atoms with Crippen molar-refractivity contribution in [2.45, 2.75) is 32.9 Å². The largest absolute Gasteiger partial charge is 0.378 e. The smallest absolute Gasteiger partial charge is 0.0632 e. The van der Waals surface area contributed by atoms with E-state index >= 15 is 0 Å². The molecule has 2 atom stereocenters. The van der Waals surface area contributed by atoms with Gasteiger partial charge in [-0.2, -0.15) is 0 Å². The zero-order valence-electron chi connectivity index (χ0n) is 9.92. The molecular weight excluding hydrogens is 176 g/mol. The molecule has 3 heteroatoms. The number of nitrogens with one attached hydrogen (secondary N) is 1. The lowest BCUT2D eigenvalue weighted by atomic mass is 10.0. The van der Waals surface area contributed by atoms with Crippen LogP contribution >= 0.6 is 0 Å². The number of likely N-dealkylation sites (N-methyl/N-ethyl adjacent to an activating group) is 1. The summed E-state index contributed by atoms with van der Waals surface area (Å²) in [6.45, 7) is 10.6. The molecule has 1 N–H and O–H groups in total. The molecule has 0 aromatic heterocycles. The third kappa shape index (κ3) is 3.56. The van der Waals surface area contributed by atoms with Gasteiger partial charge in [0.25, 0.3) is 0 Å². The van der Waals surface area contributed by atoms with Gasteiger partial charge in [0.1, 0.15) is 0 Å². The molecule has 0 radical (unpaired) electrons. The van der Waals surface area contributed by atoms with Crippen LogP contribution < -0.4 is 5.32 Å². The zero-order chi connectivity index (χ0) is 10.6. The summed E-state index contributed by atoms with van der Waals surface area (Å²) >= 11 is 0. The summed E-state index contributed by atoms with van der Waals surface area (Å²) in [5.41, 5.74) is 0. The van der Waals surface area contributed by atoms with Gasteiger partial charge in [0.05, 0.1) is 13.2 Å². The molecule has 3 nitrogen and oxygen atoms in total. The maximum absolute atomic E-state index is 5.43. The molecule has 2 unspecified atom stereocenters. The highest BCUT2D eigenvalue weighted by Gasteiger charge is 2.19. The second kappa shape index (κ2) is 5.69. The van der Waals surface area contributed by atoms with E-state index in [9.17, 15) is 0 Å². The van der Waals surface area contributed by atoms with Gasteiger partial charge < -0.3 is 15.0 Å². The minimum absolute atomic E-state index is 0.509. The number of hydrogen-bond donors (Lipinski definition) is 1. The minimum atomic E-state index is 0.509. The van der Waals surface area contributed by atoms with E-state index in [1.807, 2.05) is 0 Å². The first-order valence-electron chi connectivity index (χ1n) is 5.62. The van der Waals surface area contributed by atoms with E-state index < -0.39 is 0 Å². The Balaban J connectivity index is 2.27. The number of ether oxygens (including phenoxy) is 1. The Hall–Kier alpha value is -0.120. The van der Waals surface area contributed by atoms with Crippen LogP contribution in [0, 0.1) is 5.92 Å². The van der Waals surface area contributed by atoms with Crippen LogP contribution in [0.2, 0.25) is 0 Å². The third-order valence-electron chi connectivity index (χ3n) is 3.17. The molecule has 0 aromatic rings. The second-order valence-electron chi connectivity index (χ2n) is 4.65. The first-order valence-corrected chi connectivity index (χ1v) is 5.62. The molecule has 0 bridgehead atoms. The third-order valence-corrected chi connectivity index (χ3v) is 3.17. The van der Waals surface area contributed by atoms with Crippen LogP contribution in [0.5, 0.6) is 0 Å². The molecule has 0 spiro atoms. The Morgan fingerprint density at radius 3 is 2.64 bits per heavy atom. The SMILES string of the molecule is CC(C)C(C)N(C)CC1COCCN1. The summed E-state index contributed by atoms with van der Waals surface area (Å²) < 4.78 is 5.43. The van der Waals surface area contributed by atoms with Crippen molar-refractivity contribution in [3.63, 3.8) is 0 Å². The summed E-state index contributed by atoms with van der Waals surface area (Å²) in [5, 5.41) is 3.48. The van der Waals surface area contributed by atoms with E-state index in [0.717, 1.165) is 26.3 Å². The number of rotatable bonds is 4. The molecule has 0 aliphatic carbocycles. The van der Waals surface area contributed by atoms with Crippen molar-refractivity contribution in [1.82, 2.24) is 10.2 Å². The van der Waals surface area contributed by atoms with Gasteiger partial charge in [-0.3, -0.25) is 0 Å². The predicted octanol–water partition coefficient (Wildman–Crippen LogP) is 0.951. The van der Waals surface area contributed by atoms with Crippen molar-refractivity contribution in [3.05, 3.63) is 0 Å². The van der Waals surface area contributed by atoms with Crippen LogP contribution in [0.3, 0.4) is 0 Å². The van der Waals surface area contributed by atoms with Crippen LogP contribution in [-0.4, -0.2) is 50.3 Å². The Kier molecular flexibility index (Phi) is 4.85. The number of hydrogen-bond acceptors (Lipinski definition) is 3. The van der Waals surface area contributed by atoms with E-state index in [1.165, 1.54) is 0 Å². The van der Waals surface area contributed by atoms with E-state index in [4.69, 9.17) is 4.74 Å². The Morgan fingerprint density at radius 2 is 2.14 bits per heavy atom. The highest BCUT2D eigenvalue weighted by Crippen LogP contribution is 2.08. The van der Waals surface area contributed by atoms with Crippen LogP contribution in [0.15, 0.2) is 0 Å². The van der Waals surface area contributed by atoms with Gasteiger partial charge in [-0.15, -0.1) is 0 Å². The van der Waals surface area contributed by atoms with Gasteiger partial charge in [-0.1, -0.05) is 13.8 Å². The zero-order valence-corrected chi connectivity index (χ0v) is 9.92. The molecule has 0 saturated carbocycles. The first kappa shape index (κ1) is 12.0.